The number of benzene rings is 1. The normalized spacial score (nSPS) is 12.4. The first-order chi connectivity index (χ1) is 9.13. The van der Waals surface area contributed by atoms with E-state index in [1.807, 2.05) is 30.1 Å². The van der Waals surface area contributed by atoms with E-state index in [9.17, 15) is 4.39 Å². The Morgan fingerprint density at radius 2 is 1.95 bits per heavy atom. The second-order valence-corrected chi connectivity index (χ2v) is 4.67. The third-order valence-electron chi connectivity index (χ3n) is 3.25. The van der Waals surface area contributed by atoms with Gasteiger partial charge < -0.3 is 5.32 Å². The molecule has 2 aromatic rings. The molecule has 1 atom stereocenters. The summed E-state index contributed by atoms with van der Waals surface area (Å²) in [5.74, 6) is -0.200. The smallest absolute Gasteiger partial charge is 0.123 e. The van der Waals surface area contributed by atoms with Gasteiger partial charge in [0, 0.05) is 13.2 Å². The fourth-order valence-corrected chi connectivity index (χ4v) is 2.22. The van der Waals surface area contributed by atoms with Gasteiger partial charge in [0.25, 0.3) is 0 Å². The molecule has 3 nitrogen and oxygen atoms in total. The summed E-state index contributed by atoms with van der Waals surface area (Å²) < 4.78 is 14.8. The Morgan fingerprint density at radius 1 is 1.26 bits per heavy atom. The average Bonchev–Trinajstić information content (AvgIpc) is 2.77. The Morgan fingerprint density at radius 3 is 2.53 bits per heavy atom. The summed E-state index contributed by atoms with van der Waals surface area (Å²) in [6.07, 6.45) is 3.82. The molecular weight excluding hydrogens is 241 g/mol. The van der Waals surface area contributed by atoms with Gasteiger partial charge in [-0.1, -0.05) is 26.0 Å². The quantitative estimate of drug-likeness (QED) is 0.889. The monoisotopic (exact) mass is 261 g/mol. The number of aryl methyl sites for hydroxylation is 2. The molecule has 0 aliphatic carbocycles. The third-order valence-corrected chi connectivity index (χ3v) is 3.25. The van der Waals surface area contributed by atoms with Crippen LogP contribution in [0.4, 0.5) is 10.1 Å². The van der Waals surface area contributed by atoms with Crippen LogP contribution in [0.1, 0.15) is 37.6 Å². The number of nitrogens with zero attached hydrogens (tertiary/aromatic N) is 2. The van der Waals surface area contributed by atoms with E-state index in [-0.39, 0.29) is 11.9 Å². The first-order valence-corrected chi connectivity index (χ1v) is 6.68. The Balaban J connectivity index is 2.21. The fourth-order valence-electron chi connectivity index (χ4n) is 2.22. The summed E-state index contributed by atoms with van der Waals surface area (Å²) in [6, 6.07) is 6.85. The molecule has 1 N–H and O–H groups in total. The molecule has 0 bridgehead atoms. The molecular formula is C15H20FN3. The molecule has 4 heteroatoms. The second kappa shape index (κ2) is 5.87. The lowest BCUT2D eigenvalue weighted by molar-refractivity contribution is 0.625. The summed E-state index contributed by atoms with van der Waals surface area (Å²) in [5, 5.41) is 7.92. The molecule has 102 valence electrons. The highest BCUT2D eigenvalue weighted by Crippen LogP contribution is 2.24. The van der Waals surface area contributed by atoms with Crippen molar-refractivity contribution in [1.82, 2.24) is 9.78 Å². The van der Waals surface area contributed by atoms with E-state index in [1.54, 1.807) is 0 Å². The molecule has 19 heavy (non-hydrogen) atoms. The van der Waals surface area contributed by atoms with Crippen LogP contribution < -0.4 is 5.32 Å². The van der Waals surface area contributed by atoms with Gasteiger partial charge in [-0.25, -0.2) is 4.39 Å². The zero-order valence-corrected chi connectivity index (χ0v) is 11.7. The highest BCUT2D eigenvalue weighted by Gasteiger charge is 2.13. The zero-order valence-electron chi connectivity index (χ0n) is 11.7. The zero-order chi connectivity index (χ0) is 13.8. The maximum absolute atomic E-state index is 13.0. The Kier molecular flexibility index (Phi) is 4.20. The highest BCUT2D eigenvalue weighted by atomic mass is 19.1. The minimum absolute atomic E-state index is 0.176. The Labute approximate surface area is 113 Å². The average molecular weight is 261 g/mol. The van der Waals surface area contributed by atoms with E-state index in [0.29, 0.717) is 0 Å². The van der Waals surface area contributed by atoms with Crippen molar-refractivity contribution in [1.29, 1.82) is 0 Å². The number of hydrogen-bond acceptors (Lipinski definition) is 2. The van der Waals surface area contributed by atoms with E-state index in [4.69, 9.17) is 0 Å². The molecule has 1 aromatic carbocycles. The van der Waals surface area contributed by atoms with Crippen LogP contribution in [-0.2, 0) is 13.5 Å². The van der Waals surface area contributed by atoms with Gasteiger partial charge in [-0.15, -0.1) is 0 Å². The van der Waals surface area contributed by atoms with Gasteiger partial charge in [0.1, 0.15) is 5.82 Å². The Bertz CT molecular complexity index is 531. The number of aromatic nitrogens is 2. The molecule has 0 aliphatic rings. The van der Waals surface area contributed by atoms with Crippen molar-refractivity contribution >= 4 is 5.69 Å². The van der Waals surface area contributed by atoms with Crippen molar-refractivity contribution in [2.45, 2.75) is 32.7 Å². The van der Waals surface area contributed by atoms with Crippen LogP contribution in [-0.4, -0.2) is 9.78 Å². The van der Waals surface area contributed by atoms with E-state index in [0.717, 1.165) is 29.8 Å². The molecule has 1 aromatic heterocycles. The molecule has 0 spiro atoms. The van der Waals surface area contributed by atoms with Crippen LogP contribution in [0.2, 0.25) is 0 Å². The van der Waals surface area contributed by atoms with Crippen molar-refractivity contribution in [3.63, 3.8) is 0 Å². The fraction of sp³-hybridized carbons (Fsp3) is 0.400. The maximum Gasteiger partial charge on any atom is 0.123 e. The number of halogens is 1. The van der Waals surface area contributed by atoms with Crippen LogP contribution in [0.25, 0.3) is 0 Å². The van der Waals surface area contributed by atoms with E-state index >= 15 is 0 Å². The molecule has 0 fully saturated rings. The van der Waals surface area contributed by atoms with Crippen molar-refractivity contribution in [2.24, 2.45) is 7.05 Å². The molecule has 0 amide bonds. The lowest BCUT2D eigenvalue weighted by atomic mass is 10.0. The topological polar surface area (TPSA) is 29.9 Å². The van der Waals surface area contributed by atoms with Crippen LogP contribution in [0, 0.1) is 5.82 Å². The van der Waals surface area contributed by atoms with E-state index in [1.165, 1.54) is 12.1 Å². The van der Waals surface area contributed by atoms with Crippen molar-refractivity contribution < 1.29 is 4.39 Å². The van der Waals surface area contributed by atoms with Gasteiger partial charge in [0.05, 0.1) is 17.4 Å². The Hall–Kier alpha value is -1.84. The van der Waals surface area contributed by atoms with Crippen LogP contribution in [0.3, 0.4) is 0 Å². The third kappa shape index (κ3) is 3.13. The second-order valence-electron chi connectivity index (χ2n) is 4.67. The van der Waals surface area contributed by atoms with Crippen LogP contribution in [0.15, 0.2) is 30.5 Å². The van der Waals surface area contributed by atoms with Gasteiger partial charge in [-0.05, 0) is 30.5 Å². The molecule has 0 saturated carbocycles. The molecule has 0 aliphatic heterocycles. The predicted octanol–water partition coefficient (Wildman–Crippen LogP) is 3.68. The highest BCUT2D eigenvalue weighted by molar-refractivity contribution is 5.48. The summed E-state index contributed by atoms with van der Waals surface area (Å²) in [7, 11) is 1.92. The molecule has 1 heterocycles. The largest absolute Gasteiger partial charge is 0.375 e. The maximum atomic E-state index is 13.0. The summed E-state index contributed by atoms with van der Waals surface area (Å²) >= 11 is 0. The minimum Gasteiger partial charge on any atom is -0.375 e. The number of rotatable bonds is 5. The molecule has 0 saturated heterocycles. The molecule has 2 rings (SSSR count). The first kappa shape index (κ1) is 13.6. The van der Waals surface area contributed by atoms with E-state index in [2.05, 4.69) is 24.3 Å². The van der Waals surface area contributed by atoms with Gasteiger partial charge in [-0.2, -0.15) is 5.10 Å². The van der Waals surface area contributed by atoms with Crippen molar-refractivity contribution in [3.8, 4) is 0 Å². The van der Waals surface area contributed by atoms with Gasteiger partial charge >= 0.3 is 0 Å². The number of anilines is 1. The summed E-state index contributed by atoms with van der Waals surface area (Å²) in [4.78, 5) is 0. The van der Waals surface area contributed by atoms with Gasteiger partial charge in [0.15, 0.2) is 0 Å². The summed E-state index contributed by atoms with van der Waals surface area (Å²) in [6.45, 7) is 4.20. The van der Waals surface area contributed by atoms with Crippen LogP contribution in [0.5, 0.6) is 0 Å². The number of hydrogen-bond donors (Lipinski definition) is 1. The number of nitrogens with one attached hydrogen (secondary N) is 1. The van der Waals surface area contributed by atoms with Crippen molar-refractivity contribution in [2.75, 3.05) is 5.32 Å². The molecule has 0 radical (unpaired) electrons. The lowest BCUT2D eigenvalue weighted by Crippen LogP contribution is -2.10. The lowest BCUT2D eigenvalue weighted by Gasteiger charge is -2.18. The van der Waals surface area contributed by atoms with Gasteiger partial charge in [-0.3, -0.25) is 4.68 Å². The van der Waals surface area contributed by atoms with Crippen LogP contribution >= 0.6 is 0 Å². The standard InChI is InChI=1S/C15H20FN3/c1-4-13(11-6-8-12(16)9-7-11)17-15-10-19(3)18-14(15)5-2/h6-10,13,17H,4-5H2,1-3H3. The minimum atomic E-state index is -0.200. The van der Waals surface area contributed by atoms with E-state index < -0.39 is 0 Å². The van der Waals surface area contributed by atoms with Gasteiger partial charge in [0.2, 0.25) is 0 Å². The molecule has 1 unspecified atom stereocenters. The van der Waals surface area contributed by atoms with Crippen molar-refractivity contribution in [3.05, 3.63) is 47.5 Å². The summed E-state index contributed by atoms with van der Waals surface area (Å²) in [5.41, 5.74) is 3.21. The predicted molar refractivity (Wildman–Crippen MR) is 75.6 cm³/mol. The SMILES string of the molecule is CCc1nn(C)cc1NC(CC)c1ccc(F)cc1. The first-order valence-electron chi connectivity index (χ1n) is 6.68.